The first kappa shape index (κ1) is 17.3. The van der Waals surface area contributed by atoms with Crippen LogP contribution in [0, 0.1) is 0 Å². The molecule has 3 amide bonds. The molecule has 0 saturated carbocycles. The summed E-state index contributed by atoms with van der Waals surface area (Å²) in [5, 5.41) is 9.90. The Balaban J connectivity index is 1.34. The zero-order valence-electron chi connectivity index (χ0n) is 15.1. The van der Waals surface area contributed by atoms with Gasteiger partial charge in [-0.2, -0.15) is 5.10 Å². The third-order valence-electron chi connectivity index (χ3n) is 4.94. The average Bonchev–Trinajstić information content (AvgIpc) is 3.25. The van der Waals surface area contributed by atoms with Crippen LogP contribution in [0.15, 0.2) is 30.3 Å². The molecule has 2 aromatic rings. The molecule has 2 fully saturated rings. The topological polar surface area (TPSA) is 103 Å². The molecule has 0 radical (unpaired) electrons. The summed E-state index contributed by atoms with van der Waals surface area (Å²) in [6.07, 6.45) is 1.25. The lowest BCUT2D eigenvalue weighted by Gasteiger charge is -2.38. The molecule has 3 heterocycles. The van der Waals surface area contributed by atoms with Crippen molar-refractivity contribution >= 4 is 12.1 Å². The number of likely N-dealkylation sites (tertiary alicyclic amines) is 1. The number of rotatable bonds is 3. The number of amides is 3. The highest BCUT2D eigenvalue weighted by Gasteiger charge is 2.47. The molecule has 0 bridgehead atoms. The van der Waals surface area contributed by atoms with E-state index < -0.39 is 5.60 Å². The first-order valence-corrected chi connectivity index (χ1v) is 8.98. The van der Waals surface area contributed by atoms with Crippen molar-refractivity contribution in [3.8, 4) is 11.4 Å². The van der Waals surface area contributed by atoms with E-state index in [1.54, 1.807) is 16.8 Å². The molecule has 2 saturated heterocycles. The lowest BCUT2D eigenvalue weighted by molar-refractivity contribution is 0.00316. The number of hydrogen-bond acceptors (Lipinski definition) is 5. The highest BCUT2D eigenvalue weighted by atomic mass is 16.6. The number of aromatic amines is 1. The van der Waals surface area contributed by atoms with E-state index in [9.17, 15) is 9.59 Å². The minimum absolute atomic E-state index is 0.197. The Bertz CT molecular complexity index is 839. The van der Waals surface area contributed by atoms with Crippen molar-refractivity contribution in [3.63, 3.8) is 0 Å². The van der Waals surface area contributed by atoms with Crippen molar-refractivity contribution in [2.75, 3.05) is 26.7 Å². The zero-order valence-corrected chi connectivity index (χ0v) is 15.1. The number of benzene rings is 1. The summed E-state index contributed by atoms with van der Waals surface area (Å²) in [7, 11) is 1.71. The van der Waals surface area contributed by atoms with Crippen LogP contribution in [0.4, 0.5) is 9.59 Å². The molecule has 2 aliphatic heterocycles. The molecule has 142 valence electrons. The molecule has 2 N–H and O–H groups in total. The molecule has 1 aromatic carbocycles. The zero-order chi connectivity index (χ0) is 18.9. The van der Waals surface area contributed by atoms with Crippen LogP contribution in [-0.2, 0) is 11.3 Å². The summed E-state index contributed by atoms with van der Waals surface area (Å²) >= 11 is 0. The molecule has 1 spiro atoms. The Morgan fingerprint density at radius 2 is 2.15 bits per heavy atom. The fourth-order valence-electron chi connectivity index (χ4n) is 3.64. The fraction of sp³-hybridized carbons (Fsp3) is 0.444. The minimum Gasteiger partial charge on any atom is -0.439 e. The summed E-state index contributed by atoms with van der Waals surface area (Å²) in [6, 6.07) is 9.44. The lowest BCUT2D eigenvalue weighted by atomic mass is 9.93. The van der Waals surface area contributed by atoms with Gasteiger partial charge in [-0.3, -0.25) is 5.10 Å². The number of urea groups is 1. The summed E-state index contributed by atoms with van der Waals surface area (Å²) < 4.78 is 5.53. The fourth-order valence-corrected chi connectivity index (χ4v) is 3.64. The van der Waals surface area contributed by atoms with Crippen LogP contribution in [0.1, 0.15) is 18.7 Å². The molecule has 1 aromatic heterocycles. The normalized spacial score (nSPS) is 22.2. The predicted octanol–water partition coefficient (Wildman–Crippen LogP) is 1.60. The molecule has 1 atom stereocenters. The Hall–Kier alpha value is -3.10. The maximum absolute atomic E-state index is 12.5. The van der Waals surface area contributed by atoms with Crippen molar-refractivity contribution in [2.24, 2.45) is 0 Å². The summed E-state index contributed by atoms with van der Waals surface area (Å²) in [5.74, 6) is 1.18. The van der Waals surface area contributed by atoms with E-state index >= 15 is 0 Å². The Morgan fingerprint density at radius 3 is 2.89 bits per heavy atom. The van der Waals surface area contributed by atoms with Crippen LogP contribution < -0.4 is 5.32 Å². The maximum atomic E-state index is 12.5. The van der Waals surface area contributed by atoms with Gasteiger partial charge in [0.05, 0.1) is 19.6 Å². The molecule has 1 unspecified atom stereocenters. The van der Waals surface area contributed by atoms with Gasteiger partial charge < -0.3 is 19.9 Å². The van der Waals surface area contributed by atoms with Crippen LogP contribution in [0.25, 0.3) is 11.4 Å². The van der Waals surface area contributed by atoms with Crippen LogP contribution in [0.5, 0.6) is 0 Å². The van der Waals surface area contributed by atoms with Crippen molar-refractivity contribution in [2.45, 2.75) is 25.0 Å². The van der Waals surface area contributed by atoms with Crippen LogP contribution in [0.3, 0.4) is 0 Å². The number of hydrogen-bond donors (Lipinski definition) is 2. The van der Waals surface area contributed by atoms with E-state index in [-0.39, 0.29) is 18.7 Å². The maximum Gasteiger partial charge on any atom is 0.410 e. The van der Waals surface area contributed by atoms with Crippen LogP contribution in [0.2, 0.25) is 0 Å². The number of carbonyl (C=O) groups is 2. The minimum atomic E-state index is -0.589. The monoisotopic (exact) mass is 370 g/mol. The molecule has 9 heteroatoms. The summed E-state index contributed by atoms with van der Waals surface area (Å²) in [5.41, 5.74) is 0.324. The second kappa shape index (κ2) is 6.90. The van der Waals surface area contributed by atoms with Crippen LogP contribution >= 0.6 is 0 Å². The molecule has 27 heavy (non-hydrogen) atoms. The third-order valence-corrected chi connectivity index (χ3v) is 4.94. The molecule has 2 aliphatic rings. The number of piperidine rings is 1. The van der Waals surface area contributed by atoms with Gasteiger partial charge in [-0.25, -0.2) is 14.6 Å². The van der Waals surface area contributed by atoms with Crippen molar-refractivity contribution in [1.29, 1.82) is 0 Å². The van der Waals surface area contributed by atoms with E-state index in [1.807, 2.05) is 30.3 Å². The largest absolute Gasteiger partial charge is 0.439 e. The molecule has 4 rings (SSSR count). The van der Waals surface area contributed by atoms with Gasteiger partial charge in [0, 0.05) is 19.2 Å². The lowest BCUT2D eigenvalue weighted by Crippen LogP contribution is -2.54. The van der Waals surface area contributed by atoms with Gasteiger partial charge in [-0.15, -0.1) is 0 Å². The number of likely N-dealkylation sites (N-methyl/N-ethyl adjacent to an activating group) is 1. The molecular weight excluding hydrogens is 348 g/mol. The average molecular weight is 370 g/mol. The Morgan fingerprint density at radius 1 is 1.33 bits per heavy atom. The number of carbonyl (C=O) groups excluding carboxylic acids is 2. The van der Waals surface area contributed by atoms with Gasteiger partial charge in [0.25, 0.3) is 0 Å². The van der Waals surface area contributed by atoms with Crippen molar-refractivity contribution in [1.82, 2.24) is 30.3 Å². The van der Waals surface area contributed by atoms with Gasteiger partial charge in [0.2, 0.25) is 0 Å². The first-order valence-electron chi connectivity index (χ1n) is 8.98. The first-order chi connectivity index (χ1) is 13.0. The van der Waals surface area contributed by atoms with E-state index in [0.717, 1.165) is 18.4 Å². The number of aromatic nitrogens is 3. The molecule has 9 nitrogen and oxygen atoms in total. The number of ether oxygens (including phenoxy) is 1. The summed E-state index contributed by atoms with van der Waals surface area (Å²) in [4.78, 5) is 31.9. The quantitative estimate of drug-likeness (QED) is 0.854. The van der Waals surface area contributed by atoms with Crippen molar-refractivity contribution < 1.29 is 14.3 Å². The van der Waals surface area contributed by atoms with Gasteiger partial charge in [0.1, 0.15) is 11.4 Å². The van der Waals surface area contributed by atoms with Crippen LogP contribution in [-0.4, -0.2) is 69.4 Å². The highest BCUT2D eigenvalue weighted by Crippen LogP contribution is 2.31. The molecule has 0 aliphatic carbocycles. The van der Waals surface area contributed by atoms with Gasteiger partial charge in [0.15, 0.2) is 5.82 Å². The van der Waals surface area contributed by atoms with Gasteiger partial charge >= 0.3 is 12.1 Å². The smallest absolute Gasteiger partial charge is 0.410 e. The summed E-state index contributed by atoms with van der Waals surface area (Å²) in [6.45, 7) is 1.81. The van der Waals surface area contributed by atoms with Gasteiger partial charge in [-0.1, -0.05) is 30.3 Å². The second-order valence-electron chi connectivity index (χ2n) is 7.06. The second-order valence-corrected chi connectivity index (χ2v) is 7.06. The Kier molecular flexibility index (Phi) is 4.43. The van der Waals surface area contributed by atoms with E-state index in [1.165, 1.54) is 0 Å². The SMILES string of the molecule is CN1CC2(CCCN(C(=O)NCc3nc(-c4ccccc4)n[nH]3)C2)OC1=O. The van der Waals surface area contributed by atoms with E-state index in [4.69, 9.17) is 4.74 Å². The number of nitrogens with zero attached hydrogens (tertiary/aromatic N) is 4. The number of nitrogens with one attached hydrogen (secondary N) is 2. The van der Waals surface area contributed by atoms with Crippen molar-refractivity contribution in [3.05, 3.63) is 36.2 Å². The van der Waals surface area contributed by atoms with Gasteiger partial charge in [-0.05, 0) is 12.8 Å². The highest BCUT2D eigenvalue weighted by molar-refractivity contribution is 5.75. The standard InChI is InChI=1S/C18H22N6O3/c1-23-11-18(27-17(23)26)8-5-9-24(12-18)16(25)19-10-14-20-15(22-21-14)13-6-3-2-4-7-13/h2-4,6-7H,5,8-12H2,1H3,(H,19,25)(H,20,21,22). The third kappa shape index (κ3) is 3.57. The number of H-pyrrole nitrogens is 1. The van der Waals surface area contributed by atoms with E-state index in [0.29, 0.717) is 31.3 Å². The predicted molar refractivity (Wildman–Crippen MR) is 96.7 cm³/mol. The van der Waals surface area contributed by atoms with E-state index in [2.05, 4.69) is 20.5 Å². The Labute approximate surface area is 156 Å². The molecular formula is C18H22N6O3.